The van der Waals surface area contributed by atoms with Gasteiger partial charge in [0.2, 0.25) is 5.88 Å². The van der Waals surface area contributed by atoms with Gasteiger partial charge in [0.15, 0.2) is 0 Å². The van der Waals surface area contributed by atoms with Crippen molar-refractivity contribution in [3.05, 3.63) is 41.8 Å². The number of ether oxygens (including phenoxy) is 3. The molecule has 2 aromatic rings. The highest BCUT2D eigenvalue weighted by molar-refractivity contribution is 6.33. The molecular weight excluding hydrogens is 472 g/mol. The van der Waals surface area contributed by atoms with Crippen LogP contribution >= 0.6 is 11.6 Å². The Morgan fingerprint density at radius 1 is 1.37 bits per heavy atom. The van der Waals surface area contributed by atoms with E-state index in [1.165, 1.54) is 0 Å². The van der Waals surface area contributed by atoms with E-state index in [1.807, 2.05) is 18.2 Å². The highest BCUT2D eigenvalue weighted by Crippen LogP contribution is 2.38. The molecule has 0 radical (unpaired) electrons. The Labute approximate surface area is 211 Å². The van der Waals surface area contributed by atoms with Gasteiger partial charge in [-0.3, -0.25) is 0 Å². The van der Waals surface area contributed by atoms with E-state index in [4.69, 9.17) is 25.8 Å². The molecule has 0 aliphatic heterocycles. The van der Waals surface area contributed by atoms with E-state index in [-0.39, 0.29) is 24.9 Å². The average Bonchev–Trinajstić information content (AvgIpc) is 2.81. The van der Waals surface area contributed by atoms with Crippen LogP contribution in [0, 0.1) is 0 Å². The SMILES string of the molecule is C=C(C)OC(=O)NC1(CC(O)CO)CCC(Oc2cc3ccnc(OCCCC)c3cc2Cl)CC1. The van der Waals surface area contributed by atoms with Crippen LogP contribution < -0.4 is 14.8 Å². The van der Waals surface area contributed by atoms with Crippen molar-refractivity contribution in [2.24, 2.45) is 0 Å². The molecule has 1 fully saturated rings. The van der Waals surface area contributed by atoms with Crippen LogP contribution in [0.25, 0.3) is 10.8 Å². The molecule has 0 spiro atoms. The van der Waals surface area contributed by atoms with Gasteiger partial charge in [0, 0.05) is 17.1 Å². The van der Waals surface area contributed by atoms with E-state index in [9.17, 15) is 15.0 Å². The number of rotatable bonds is 11. The number of allylic oxidation sites excluding steroid dienone is 1. The zero-order valence-corrected chi connectivity index (χ0v) is 21.1. The summed E-state index contributed by atoms with van der Waals surface area (Å²) in [6.45, 7) is 7.49. The number of hydrogen-bond donors (Lipinski definition) is 3. The molecule has 1 aromatic carbocycles. The quantitative estimate of drug-likeness (QED) is 0.286. The summed E-state index contributed by atoms with van der Waals surface area (Å²) in [7, 11) is 0. The van der Waals surface area contributed by atoms with Crippen molar-refractivity contribution in [3.63, 3.8) is 0 Å². The molecule has 1 aliphatic carbocycles. The number of aromatic nitrogens is 1. The zero-order valence-electron chi connectivity index (χ0n) is 20.4. The number of hydrogen-bond acceptors (Lipinski definition) is 7. The Hall–Kier alpha value is -2.55. The molecule has 0 saturated heterocycles. The Bertz CT molecular complexity index is 1020. The first-order valence-electron chi connectivity index (χ1n) is 12.1. The van der Waals surface area contributed by atoms with Crippen molar-refractivity contribution in [3.8, 4) is 11.6 Å². The lowest BCUT2D eigenvalue weighted by molar-refractivity contribution is 0.0316. The number of fused-ring (bicyclic) bond motifs is 1. The minimum absolute atomic E-state index is 0.120. The summed E-state index contributed by atoms with van der Waals surface area (Å²) in [6, 6.07) is 5.61. The minimum atomic E-state index is -0.949. The molecule has 3 rings (SSSR count). The van der Waals surface area contributed by atoms with Crippen LogP contribution in [0.5, 0.6) is 11.6 Å². The Morgan fingerprint density at radius 2 is 2.11 bits per heavy atom. The summed E-state index contributed by atoms with van der Waals surface area (Å²) >= 11 is 6.57. The number of carbonyl (C=O) groups is 1. The predicted molar refractivity (Wildman–Crippen MR) is 135 cm³/mol. The highest BCUT2D eigenvalue weighted by Gasteiger charge is 2.39. The first-order valence-corrected chi connectivity index (χ1v) is 12.4. The number of pyridine rings is 1. The monoisotopic (exact) mass is 506 g/mol. The fourth-order valence-corrected chi connectivity index (χ4v) is 4.61. The number of aliphatic hydroxyl groups excluding tert-OH is 2. The third kappa shape index (κ3) is 7.46. The number of alkyl carbamates (subject to hydrolysis) is 1. The summed E-state index contributed by atoms with van der Waals surface area (Å²) in [4.78, 5) is 16.6. The molecule has 0 bridgehead atoms. The number of nitrogens with zero attached hydrogens (tertiary/aromatic N) is 1. The molecule has 1 aliphatic rings. The number of aliphatic hydroxyl groups is 2. The maximum atomic E-state index is 12.2. The van der Waals surface area contributed by atoms with Crippen LogP contribution in [-0.2, 0) is 4.74 Å². The van der Waals surface area contributed by atoms with Gasteiger partial charge < -0.3 is 29.7 Å². The van der Waals surface area contributed by atoms with Crippen LogP contribution in [0.15, 0.2) is 36.7 Å². The lowest BCUT2D eigenvalue weighted by Crippen LogP contribution is -2.54. The van der Waals surface area contributed by atoms with E-state index in [2.05, 4.69) is 23.8 Å². The topological polar surface area (TPSA) is 110 Å². The van der Waals surface area contributed by atoms with Gasteiger partial charge in [0.25, 0.3) is 0 Å². The molecule has 1 atom stereocenters. The number of halogens is 1. The van der Waals surface area contributed by atoms with Crippen molar-refractivity contribution in [1.82, 2.24) is 10.3 Å². The van der Waals surface area contributed by atoms with E-state index in [1.54, 1.807) is 13.1 Å². The average molecular weight is 507 g/mol. The van der Waals surface area contributed by atoms with Crippen molar-refractivity contribution in [2.45, 2.75) is 76.5 Å². The minimum Gasteiger partial charge on any atom is -0.489 e. The van der Waals surface area contributed by atoms with Gasteiger partial charge in [0.05, 0.1) is 36.2 Å². The second kappa shape index (κ2) is 12.4. The Kier molecular flexibility index (Phi) is 9.60. The molecule has 9 heteroatoms. The van der Waals surface area contributed by atoms with Crippen LogP contribution in [0.1, 0.15) is 58.8 Å². The van der Waals surface area contributed by atoms with Crippen LogP contribution in [0.2, 0.25) is 5.02 Å². The highest BCUT2D eigenvalue weighted by atomic mass is 35.5. The predicted octanol–water partition coefficient (Wildman–Crippen LogP) is 5.13. The number of nitrogens with one attached hydrogen (secondary N) is 1. The first-order chi connectivity index (χ1) is 16.7. The van der Waals surface area contributed by atoms with Crippen molar-refractivity contribution >= 4 is 28.5 Å². The molecule has 1 aromatic heterocycles. The summed E-state index contributed by atoms with van der Waals surface area (Å²) in [5.41, 5.74) is -0.710. The number of unbranched alkanes of at least 4 members (excludes halogenated alkanes) is 1. The van der Waals surface area contributed by atoms with E-state index in [0.29, 0.717) is 48.9 Å². The molecular formula is C26H35ClN2O6. The number of amides is 1. The maximum Gasteiger partial charge on any atom is 0.412 e. The normalized spacial score (nSPS) is 20.8. The second-order valence-corrected chi connectivity index (χ2v) is 9.58. The standard InChI is InChI=1S/C26H35ClN2O6/c1-4-5-12-33-24-21-14-22(27)23(13-18(21)8-11-28-24)35-20-6-9-26(10-7-20,15-19(31)16-30)29-25(32)34-17(2)3/h8,11,13-14,19-20,30-31H,2,4-7,9-10,12,15-16H2,1,3H3,(H,29,32). The Morgan fingerprint density at radius 3 is 2.77 bits per heavy atom. The van der Waals surface area contributed by atoms with Gasteiger partial charge in [-0.05, 0) is 69.0 Å². The largest absolute Gasteiger partial charge is 0.489 e. The lowest BCUT2D eigenvalue weighted by Gasteiger charge is -2.41. The lowest BCUT2D eigenvalue weighted by atomic mass is 9.77. The summed E-state index contributed by atoms with van der Waals surface area (Å²) in [5.74, 6) is 1.41. The molecule has 192 valence electrons. The van der Waals surface area contributed by atoms with Crippen molar-refractivity contribution in [2.75, 3.05) is 13.2 Å². The fourth-order valence-electron chi connectivity index (χ4n) is 4.40. The molecule has 35 heavy (non-hydrogen) atoms. The van der Waals surface area contributed by atoms with Gasteiger partial charge >= 0.3 is 6.09 Å². The van der Waals surface area contributed by atoms with E-state index >= 15 is 0 Å². The van der Waals surface area contributed by atoms with Gasteiger partial charge in [-0.15, -0.1) is 0 Å². The van der Waals surface area contributed by atoms with Gasteiger partial charge in [-0.25, -0.2) is 9.78 Å². The van der Waals surface area contributed by atoms with Gasteiger partial charge in [0.1, 0.15) is 5.75 Å². The third-order valence-electron chi connectivity index (χ3n) is 6.17. The smallest absolute Gasteiger partial charge is 0.412 e. The fraction of sp³-hybridized carbons (Fsp3) is 0.538. The van der Waals surface area contributed by atoms with Crippen LogP contribution in [0.3, 0.4) is 0 Å². The van der Waals surface area contributed by atoms with Gasteiger partial charge in [-0.1, -0.05) is 31.5 Å². The number of carbonyl (C=O) groups excluding carboxylic acids is 1. The molecule has 3 N–H and O–H groups in total. The molecule has 1 unspecified atom stereocenters. The Balaban J connectivity index is 1.70. The second-order valence-electron chi connectivity index (χ2n) is 9.18. The maximum absolute atomic E-state index is 12.2. The van der Waals surface area contributed by atoms with E-state index < -0.39 is 17.7 Å². The first kappa shape index (κ1) is 27.0. The van der Waals surface area contributed by atoms with Crippen LogP contribution in [-0.4, -0.2) is 52.3 Å². The molecule has 1 heterocycles. The summed E-state index contributed by atoms with van der Waals surface area (Å²) < 4.78 is 17.1. The van der Waals surface area contributed by atoms with Crippen LogP contribution in [0.4, 0.5) is 4.79 Å². The molecule has 1 amide bonds. The van der Waals surface area contributed by atoms with Crippen molar-refractivity contribution < 1.29 is 29.2 Å². The zero-order chi connectivity index (χ0) is 25.4. The molecule has 1 saturated carbocycles. The van der Waals surface area contributed by atoms with Crippen molar-refractivity contribution in [1.29, 1.82) is 0 Å². The molecule has 8 nitrogen and oxygen atoms in total. The van der Waals surface area contributed by atoms with Gasteiger partial charge in [-0.2, -0.15) is 0 Å². The number of benzene rings is 1. The third-order valence-corrected chi connectivity index (χ3v) is 6.47. The summed E-state index contributed by atoms with van der Waals surface area (Å²) in [6.07, 6.45) is 4.56. The summed E-state index contributed by atoms with van der Waals surface area (Å²) in [5, 5.41) is 24.5. The van der Waals surface area contributed by atoms with E-state index in [0.717, 1.165) is 23.6 Å².